The smallest absolute Gasteiger partial charge is 0.320 e. The second-order valence-electron chi connectivity index (χ2n) is 4.88. The second kappa shape index (κ2) is 8.55. The van der Waals surface area contributed by atoms with Gasteiger partial charge in [-0.1, -0.05) is 12.5 Å². The molecule has 1 unspecified atom stereocenters. The molecule has 0 aromatic heterocycles. The number of hydrogen-bond donors (Lipinski definition) is 2. The Kier molecular flexibility index (Phi) is 7.41. The predicted octanol–water partition coefficient (Wildman–Crippen LogP) is 2.59. The zero-order valence-corrected chi connectivity index (χ0v) is 14.4. The average Bonchev–Trinajstić information content (AvgIpc) is 2.38. The molecular weight excluding hydrogens is 407 g/mol. The van der Waals surface area contributed by atoms with E-state index >= 15 is 0 Å². The van der Waals surface area contributed by atoms with Crippen molar-refractivity contribution in [2.24, 2.45) is 0 Å². The van der Waals surface area contributed by atoms with Crippen LogP contribution in [-0.2, 0) is 9.59 Å². The number of rotatable bonds is 4. The predicted molar refractivity (Wildman–Crippen MR) is 91.9 cm³/mol. The van der Waals surface area contributed by atoms with Gasteiger partial charge in [0, 0.05) is 9.26 Å². The third kappa shape index (κ3) is 5.44. The van der Waals surface area contributed by atoms with E-state index in [2.05, 4.69) is 27.9 Å². The van der Waals surface area contributed by atoms with E-state index in [1.807, 2.05) is 24.3 Å². The van der Waals surface area contributed by atoms with Crippen molar-refractivity contribution >= 4 is 52.6 Å². The van der Waals surface area contributed by atoms with Crippen LogP contribution in [0.15, 0.2) is 24.3 Å². The first kappa shape index (κ1) is 18.2. The number of halogens is 2. The highest BCUT2D eigenvalue weighted by Gasteiger charge is 2.29. The SMILES string of the molecule is Cl.O=C(CN1CCCCC1C(=O)O)Nc1cccc(I)c1. The van der Waals surface area contributed by atoms with Crippen molar-refractivity contribution in [1.29, 1.82) is 0 Å². The molecule has 1 aromatic rings. The van der Waals surface area contributed by atoms with E-state index in [4.69, 9.17) is 0 Å². The molecule has 2 rings (SSSR count). The summed E-state index contributed by atoms with van der Waals surface area (Å²) >= 11 is 2.18. The highest BCUT2D eigenvalue weighted by atomic mass is 127. The molecule has 21 heavy (non-hydrogen) atoms. The fourth-order valence-electron chi connectivity index (χ4n) is 2.41. The molecule has 0 spiro atoms. The van der Waals surface area contributed by atoms with Gasteiger partial charge in [0.2, 0.25) is 5.91 Å². The third-order valence-electron chi connectivity index (χ3n) is 3.35. The molecule has 0 radical (unpaired) electrons. The lowest BCUT2D eigenvalue weighted by Crippen LogP contribution is -2.47. The largest absolute Gasteiger partial charge is 0.480 e. The molecule has 7 heteroatoms. The minimum atomic E-state index is -0.841. The van der Waals surface area contributed by atoms with Crippen LogP contribution in [0.4, 0.5) is 5.69 Å². The first-order chi connectivity index (χ1) is 9.56. The molecule has 1 amide bonds. The summed E-state index contributed by atoms with van der Waals surface area (Å²) < 4.78 is 1.04. The number of aliphatic carboxylic acids is 1. The highest BCUT2D eigenvalue weighted by Crippen LogP contribution is 2.17. The summed E-state index contributed by atoms with van der Waals surface area (Å²) in [6, 6.07) is 6.99. The number of likely N-dealkylation sites (tertiary alicyclic amines) is 1. The topological polar surface area (TPSA) is 69.6 Å². The van der Waals surface area contributed by atoms with Crippen molar-refractivity contribution in [3.63, 3.8) is 0 Å². The van der Waals surface area contributed by atoms with E-state index in [1.165, 1.54) is 0 Å². The number of nitrogens with one attached hydrogen (secondary N) is 1. The van der Waals surface area contributed by atoms with Crippen LogP contribution in [-0.4, -0.2) is 41.0 Å². The van der Waals surface area contributed by atoms with Crippen LogP contribution in [0, 0.1) is 3.57 Å². The van der Waals surface area contributed by atoms with Crippen LogP contribution in [0.5, 0.6) is 0 Å². The second-order valence-corrected chi connectivity index (χ2v) is 6.12. The van der Waals surface area contributed by atoms with Crippen molar-refractivity contribution in [3.05, 3.63) is 27.8 Å². The molecule has 1 atom stereocenters. The number of nitrogens with zero attached hydrogens (tertiary/aromatic N) is 1. The molecule has 0 saturated carbocycles. The lowest BCUT2D eigenvalue weighted by molar-refractivity contribution is -0.145. The number of anilines is 1. The van der Waals surface area contributed by atoms with E-state index in [0.717, 1.165) is 22.1 Å². The van der Waals surface area contributed by atoms with Crippen LogP contribution in [0.25, 0.3) is 0 Å². The Morgan fingerprint density at radius 1 is 1.38 bits per heavy atom. The van der Waals surface area contributed by atoms with Crippen molar-refractivity contribution in [2.75, 3.05) is 18.4 Å². The number of amides is 1. The van der Waals surface area contributed by atoms with Gasteiger partial charge >= 0.3 is 5.97 Å². The van der Waals surface area contributed by atoms with Crippen LogP contribution >= 0.6 is 35.0 Å². The summed E-state index contributed by atoms with van der Waals surface area (Å²) in [5.74, 6) is -1.01. The number of benzene rings is 1. The number of carboxylic acid groups (broad SMARTS) is 1. The third-order valence-corrected chi connectivity index (χ3v) is 4.02. The zero-order chi connectivity index (χ0) is 14.5. The highest BCUT2D eigenvalue weighted by molar-refractivity contribution is 14.1. The summed E-state index contributed by atoms with van der Waals surface area (Å²) in [5.41, 5.74) is 0.741. The Balaban J connectivity index is 0.00000220. The molecule has 1 aromatic carbocycles. The molecule has 1 aliphatic heterocycles. The van der Waals surface area contributed by atoms with Gasteiger partial charge in [-0.15, -0.1) is 12.4 Å². The van der Waals surface area contributed by atoms with Gasteiger partial charge in [0.25, 0.3) is 0 Å². The van der Waals surface area contributed by atoms with Crippen LogP contribution in [0.2, 0.25) is 0 Å². The Hall–Kier alpha value is -0.860. The maximum absolute atomic E-state index is 12.0. The van der Waals surface area contributed by atoms with Gasteiger partial charge in [-0.3, -0.25) is 14.5 Å². The Bertz CT molecular complexity index is 513. The van der Waals surface area contributed by atoms with Crippen LogP contribution < -0.4 is 5.32 Å². The van der Waals surface area contributed by atoms with Gasteiger partial charge in [-0.05, 0) is 60.2 Å². The number of carbonyl (C=O) groups excluding carboxylic acids is 1. The molecule has 1 aliphatic rings. The van der Waals surface area contributed by atoms with Crippen LogP contribution in [0.1, 0.15) is 19.3 Å². The average molecular weight is 425 g/mol. The first-order valence-corrected chi connectivity index (χ1v) is 7.66. The van der Waals surface area contributed by atoms with Gasteiger partial charge in [0.15, 0.2) is 0 Å². The lowest BCUT2D eigenvalue weighted by atomic mass is 10.0. The van der Waals surface area contributed by atoms with Gasteiger partial charge in [0.05, 0.1) is 6.54 Å². The molecule has 0 bridgehead atoms. The van der Waals surface area contributed by atoms with Gasteiger partial charge in [-0.25, -0.2) is 0 Å². The molecule has 1 saturated heterocycles. The molecule has 5 nitrogen and oxygen atoms in total. The summed E-state index contributed by atoms with van der Waals surface area (Å²) in [5, 5.41) is 12.0. The van der Waals surface area contributed by atoms with Gasteiger partial charge in [0.1, 0.15) is 6.04 Å². The maximum atomic E-state index is 12.0. The summed E-state index contributed by atoms with van der Waals surface area (Å²) in [4.78, 5) is 24.9. The fourth-order valence-corrected chi connectivity index (χ4v) is 2.95. The molecule has 1 heterocycles. The first-order valence-electron chi connectivity index (χ1n) is 6.58. The number of carbonyl (C=O) groups is 2. The molecule has 0 aliphatic carbocycles. The summed E-state index contributed by atoms with van der Waals surface area (Å²) in [6.07, 6.45) is 2.47. The van der Waals surface area contributed by atoms with Crippen molar-refractivity contribution in [3.8, 4) is 0 Å². The minimum Gasteiger partial charge on any atom is -0.480 e. The zero-order valence-electron chi connectivity index (χ0n) is 11.4. The number of carboxylic acids is 1. The molecule has 116 valence electrons. The van der Waals surface area contributed by atoms with Gasteiger partial charge < -0.3 is 10.4 Å². The summed E-state index contributed by atoms with van der Waals surface area (Å²) in [7, 11) is 0. The van der Waals surface area contributed by atoms with Crippen molar-refractivity contribution in [2.45, 2.75) is 25.3 Å². The molecule has 2 N–H and O–H groups in total. The van der Waals surface area contributed by atoms with Crippen LogP contribution in [0.3, 0.4) is 0 Å². The quantitative estimate of drug-likeness (QED) is 0.729. The Morgan fingerprint density at radius 3 is 2.81 bits per heavy atom. The van der Waals surface area contributed by atoms with E-state index in [9.17, 15) is 14.7 Å². The monoisotopic (exact) mass is 424 g/mol. The Labute approximate surface area is 143 Å². The Morgan fingerprint density at radius 2 is 2.14 bits per heavy atom. The maximum Gasteiger partial charge on any atom is 0.320 e. The standard InChI is InChI=1S/C14H17IN2O3.ClH/c15-10-4-3-5-11(8-10)16-13(18)9-17-7-2-1-6-12(17)14(19)20;/h3-5,8,12H,1-2,6-7,9H2,(H,16,18)(H,19,20);1H. The molecular formula is C14H18ClIN2O3. The normalized spacial score (nSPS) is 18.6. The van der Waals surface area contributed by atoms with E-state index in [1.54, 1.807) is 4.90 Å². The van der Waals surface area contributed by atoms with E-state index in [-0.39, 0.29) is 24.9 Å². The lowest BCUT2D eigenvalue weighted by Gasteiger charge is -2.32. The fraction of sp³-hybridized carbons (Fsp3) is 0.429. The molecule has 1 fully saturated rings. The van der Waals surface area contributed by atoms with Gasteiger partial charge in [-0.2, -0.15) is 0 Å². The van der Waals surface area contributed by atoms with E-state index < -0.39 is 12.0 Å². The number of piperidine rings is 1. The van der Waals surface area contributed by atoms with Crippen molar-refractivity contribution < 1.29 is 14.7 Å². The minimum absolute atomic E-state index is 0. The van der Waals surface area contributed by atoms with Crippen molar-refractivity contribution in [1.82, 2.24) is 4.90 Å². The summed E-state index contributed by atoms with van der Waals surface area (Å²) in [6.45, 7) is 0.791. The number of hydrogen-bond acceptors (Lipinski definition) is 3. The van der Waals surface area contributed by atoms with E-state index in [0.29, 0.717) is 13.0 Å².